The first-order valence-electron chi connectivity index (χ1n) is 6.87. The highest BCUT2D eigenvalue weighted by atomic mass is 35.5. The van der Waals surface area contributed by atoms with Gasteiger partial charge in [-0.3, -0.25) is 4.98 Å². The predicted octanol–water partition coefficient (Wildman–Crippen LogP) is 4.18. The molecular weight excluding hydrogens is 330 g/mol. The molecule has 5 nitrogen and oxygen atoms in total. The quantitative estimate of drug-likeness (QED) is 0.414. The average Bonchev–Trinajstić information content (AvgIpc) is 3.06. The molecule has 1 aromatic carbocycles. The van der Waals surface area contributed by atoms with Gasteiger partial charge in [0.15, 0.2) is 5.13 Å². The van der Waals surface area contributed by atoms with Crippen molar-refractivity contribution in [3.05, 3.63) is 54.0 Å². The van der Waals surface area contributed by atoms with Crippen LogP contribution in [0.15, 0.2) is 59.0 Å². The lowest BCUT2D eigenvalue weighted by atomic mass is 10.3. The third kappa shape index (κ3) is 4.06. The molecule has 0 saturated heterocycles. The zero-order valence-corrected chi connectivity index (χ0v) is 13.7. The predicted molar refractivity (Wildman–Crippen MR) is 97.1 cm³/mol. The van der Waals surface area contributed by atoms with E-state index in [9.17, 15) is 0 Å². The lowest BCUT2D eigenvalue weighted by Crippen LogP contribution is -2.12. The number of nitrogens with one attached hydrogen (secondary N) is 1. The molecule has 0 aliphatic heterocycles. The smallest absolute Gasteiger partial charge is 0.187 e. The highest BCUT2D eigenvalue weighted by Crippen LogP contribution is 2.26. The second-order valence-electron chi connectivity index (χ2n) is 4.66. The summed E-state index contributed by atoms with van der Waals surface area (Å²) in [6, 6.07) is 13.3. The van der Waals surface area contributed by atoms with Crippen molar-refractivity contribution in [3.63, 3.8) is 0 Å². The number of aliphatic imine (C=N–C) groups is 1. The Kier molecular flexibility index (Phi) is 4.85. The number of anilines is 2. The Morgan fingerprint density at radius 3 is 2.70 bits per heavy atom. The van der Waals surface area contributed by atoms with Gasteiger partial charge in [0.1, 0.15) is 11.5 Å². The minimum absolute atomic E-state index is 0.218. The Bertz CT molecular complexity index is 799. The van der Waals surface area contributed by atoms with E-state index in [2.05, 4.69) is 20.3 Å². The van der Waals surface area contributed by atoms with E-state index >= 15 is 0 Å². The van der Waals surface area contributed by atoms with E-state index in [0.29, 0.717) is 5.84 Å². The van der Waals surface area contributed by atoms with Gasteiger partial charge in [-0.25, -0.2) is 9.98 Å². The number of thiazole rings is 1. The summed E-state index contributed by atoms with van der Waals surface area (Å²) in [5.41, 5.74) is 9.02. The number of amidine groups is 1. The summed E-state index contributed by atoms with van der Waals surface area (Å²) in [7, 11) is 0. The highest BCUT2D eigenvalue weighted by Gasteiger charge is 2.05. The molecule has 0 bridgehead atoms. The summed E-state index contributed by atoms with van der Waals surface area (Å²) in [5, 5.41) is 6.05. The second-order valence-corrected chi connectivity index (χ2v) is 5.79. The molecular formula is C16H14ClN5S. The molecule has 2 heterocycles. The van der Waals surface area contributed by atoms with Crippen LogP contribution in [0.4, 0.5) is 16.5 Å². The molecule has 3 aromatic rings. The number of nitrogens with zero attached hydrogens (tertiary/aromatic N) is 3. The van der Waals surface area contributed by atoms with Crippen LogP contribution in [0, 0.1) is 0 Å². The third-order valence-electron chi connectivity index (χ3n) is 2.96. The van der Waals surface area contributed by atoms with E-state index < -0.39 is 0 Å². The van der Waals surface area contributed by atoms with E-state index in [1.807, 2.05) is 47.8 Å². The monoisotopic (exact) mass is 343 g/mol. The maximum atomic E-state index is 5.61. The molecule has 0 spiro atoms. The van der Waals surface area contributed by atoms with Crippen LogP contribution < -0.4 is 11.1 Å². The number of hydrogen-bond donors (Lipinski definition) is 2. The van der Waals surface area contributed by atoms with Gasteiger partial charge in [0.05, 0.1) is 17.3 Å². The number of benzene rings is 1. The van der Waals surface area contributed by atoms with E-state index in [4.69, 9.17) is 17.3 Å². The number of halogens is 1. The van der Waals surface area contributed by atoms with Gasteiger partial charge in [0.25, 0.3) is 0 Å². The Hall–Kier alpha value is -2.44. The molecule has 7 heteroatoms. The lowest BCUT2D eigenvalue weighted by molar-refractivity contribution is 1.28. The Labute approximate surface area is 142 Å². The number of hydrogen-bond acceptors (Lipinski definition) is 5. The fraction of sp³-hybridized carbons (Fsp3) is 0.0625. The van der Waals surface area contributed by atoms with E-state index in [0.717, 1.165) is 27.9 Å². The Morgan fingerprint density at radius 2 is 2.00 bits per heavy atom. The van der Waals surface area contributed by atoms with Crippen LogP contribution in [0.5, 0.6) is 0 Å². The second kappa shape index (κ2) is 7.21. The van der Waals surface area contributed by atoms with Gasteiger partial charge in [-0.15, -0.1) is 22.9 Å². The third-order valence-corrected chi connectivity index (χ3v) is 3.99. The largest absolute Gasteiger partial charge is 0.386 e. The summed E-state index contributed by atoms with van der Waals surface area (Å²) < 4.78 is 0. The maximum Gasteiger partial charge on any atom is 0.187 e. The zero-order valence-electron chi connectivity index (χ0n) is 12.1. The topological polar surface area (TPSA) is 76.2 Å². The van der Waals surface area contributed by atoms with Gasteiger partial charge in [-0.05, 0) is 36.4 Å². The van der Waals surface area contributed by atoms with Crippen molar-refractivity contribution in [2.24, 2.45) is 10.7 Å². The highest BCUT2D eigenvalue weighted by molar-refractivity contribution is 7.14. The standard InChI is InChI=1S/C16H14ClN5S/c17-9-15(18)20-11-4-6-12(7-5-11)21-16-22-14(10-23-16)13-3-1-2-8-19-13/h1-8,10H,9H2,(H2,18,20)(H,21,22). The average molecular weight is 344 g/mol. The minimum Gasteiger partial charge on any atom is -0.386 e. The molecule has 2 aromatic heterocycles. The summed E-state index contributed by atoms with van der Waals surface area (Å²) in [4.78, 5) is 13.0. The van der Waals surface area contributed by atoms with Crippen LogP contribution in [-0.4, -0.2) is 21.7 Å². The Morgan fingerprint density at radius 1 is 1.17 bits per heavy atom. The van der Waals surface area contributed by atoms with Crippen LogP contribution in [0.2, 0.25) is 0 Å². The summed E-state index contributed by atoms with van der Waals surface area (Å²) in [6.45, 7) is 0. The van der Waals surface area contributed by atoms with E-state index in [1.54, 1.807) is 6.20 Å². The molecule has 23 heavy (non-hydrogen) atoms. The first kappa shape index (κ1) is 15.5. The molecule has 0 fully saturated rings. The van der Waals surface area contributed by atoms with Crippen molar-refractivity contribution in [1.29, 1.82) is 0 Å². The van der Waals surface area contributed by atoms with Crippen molar-refractivity contribution in [3.8, 4) is 11.4 Å². The summed E-state index contributed by atoms with van der Waals surface area (Å²) in [6.07, 6.45) is 1.76. The normalized spacial score (nSPS) is 11.4. The molecule has 0 atom stereocenters. The van der Waals surface area contributed by atoms with Crippen molar-refractivity contribution >= 4 is 45.3 Å². The van der Waals surface area contributed by atoms with Gasteiger partial charge < -0.3 is 11.1 Å². The summed E-state index contributed by atoms with van der Waals surface area (Å²) in [5.74, 6) is 0.613. The van der Waals surface area contributed by atoms with Gasteiger partial charge >= 0.3 is 0 Å². The van der Waals surface area contributed by atoms with Gasteiger partial charge in [-0.2, -0.15) is 0 Å². The van der Waals surface area contributed by atoms with E-state index in [1.165, 1.54) is 11.3 Å². The minimum atomic E-state index is 0.218. The molecule has 0 aliphatic carbocycles. The zero-order chi connectivity index (χ0) is 16.1. The number of nitrogens with two attached hydrogens (primary N) is 1. The summed E-state index contributed by atoms with van der Waals surface area (Å²) >= 11 is 7.14. The first-order valence-corrected chi connectivity index (χ1v) is 8.29. The fourth-order valence-electron chi connectivity index (χ4n) is 1.90. The number of rotatable bonds is 5. The molecule has 3 rings (SSSR count). The molecule has 0 unspecified atom stereocenters. The lowest BCUT2D eigenvalue weighted by Gasteiger charge is -2.03. The van der Waals surface area contributed by atoms with Crippen LogP contribution >= 0.6 is 22.9 Å². The Balaban J connectivity index is 1.72. The molecule has 3 N–H and O–H groups in total. The van der Waals surface area contributed by atoms with Crippen LogP contribution in [0.25, 0.3) is 11.4 Å². The molecule has 0 saturated carbocycles. The first-order chi connectivity index (χ1) is 11.2. The van der Waals surface area contributed by atoms with Crippen molar-refractivity contribution in [2.45, 2.75) is 0 Å². The maximum absolute atomic E-state index is 5.61. The number of aromatic nitrogens is 2. The number of alkyl halides is 1. The van der Waals surface area contributed by atoms with Crippen LogP contribution in [-0.2, 0) is 0 Å². The molecule has 0 aliphatic rings. The van der Waals surface area contributed by atoms with Gasteiger partial charge in [0, 0.05) is 17.3 Å². The fourth-order valence-corrected chi connectivity index (χ4v) is 2.69. The molecule has 0 amide bonds. The van der Waals surface area contributed by atoms with Crippen molar-refractivity contribution in [1.82, 2.24) is 9.97 Å². The van der Waals surface area contributed by atoms with Crippen LogP contribution in [0.3, 0.4) is 0 Å². The van der Waals surface area contributed by atoms with Crippen molar-refractivity contribution < 1.29 is 0 Å². The van der Waals surface area contributed by atoms with E-state index in [-0.39, 0.29) is 5.88 Å². The van der Waals surface area contributed by atoms with Gasteiger partial charge in [-0.1, -0.05) is 6.07 Å². The molecule has 0 radical (unpaired) electrons. The SMILES string of the molecule is NC(CCl)=Nc1ccc(Nc2nc(-c3ccccn3)cs2)cc1. The molecule has 116 valence electrons. The van der Waals surface area contributed by atoms with Crippen molar-refractivity contribution in [2.75, 3.05) is 11.2 Å². The van der Waals surface area contributed by atoms with Crippen LogP contribution in [0.1, 0.15) is 0 Å². The van der Waals surface area contributed by atoms with Gasteiger partial charge in [0.2, 0.25) is 0 Å². The number of pyridine rings is 1.